The topological polar surface area (TPSA) is 82.8 Å². The van der Waals surface area contributed by atoms with Crippen molar-refractivity contribution >= 4 is 36.5 Å². The highest BCUT2D eigenvalue weighted by atomic mass is 32.1. The van der Waals surface area contributed by atoms with Crippen LogP contribution in [-0.4, -0.2) is 35.9 Å². The molecule has 3 N–H and O–H groups in total. The van der Waals surface area contributed by atoms with E-state index >= 15 is 0 Å². The molecule has 168 valence electrons. The first-order valence-corrected chi connectivity index (χ1v) is 10.9. The lowest BCUT2D eigenvalue weighted by molar-refractivity contribution is 0.00578. The molecule has 6 nitrogen and oxygen atoms in total. The van der Waals surface area contributed by atoms with E-state index in [9.17, 15) is 4.79 Å². The van der Waals surface area contributed by atoms with Gasteiger partial charge in [-0.3, -0.25) is 0 Å². The number of thiocarbonyl (C=S) groups is 1. The molecule has 0 aromatic heterocycles. The number of ether oxygens (including phenoxy) is 1. The number of amides is 1. The number of nitrogens with two attached hydrogens (primary N) is 1. The number of hydrogen-bond acceptors (Lipinski definition) is 5. The van der Waals surface area contributed by atoms with Gasteiger partial charge in [-0.15, -0.1) is 0 Å². The summed E-state index contributed by atoms with van der Waals surface area (Å²) < 4.78 is 17.7. The van der Waals surface area contributed by atoms with Gasteiger partial charge in [0.2, 0.25) is 0 Å². The second-order valence-corrected chi connectivity index (χ2v) is 9.15. The maximum atomic E-state index is 12.3. The highest BCUT2D eigenvalue weighted by molar-refractivity contribution is 7.80. The summed E-state index contributed by atoms with van der Waals surface area (Å²) in [6.07, 6.45) is 1.42. The van der Waals surface area contributed by atoms with Crippen molar-refractivity contribution in [1.29, 1.82) is 0 Å². The van der Waals surface area contributed by atoms with Crippen molar-refractivity contribution in [3.05, 3.63) is 76.8 Å². The predicted octanol–water partition coefficient (Wildman–Crippen LogP) is 4.26. The van der Waals surface area contributed by atoms with Gasteiger partial charge >= 0.3 is 13.2 Å². The molecular weight excluding hydrogens is 423 g/mol. The second kappa shape index (κ2) is 9.86. The van der Waals surface area contributed by atoms with Gasteiger partial charge in [-0.1, -0.05) is 72.9 Å². The van der Waals surface area contributed by atoms with Gasteiger partial charge in [0.1, 0.15) is 11.6 Å². The highest BCUT2D eigenvalue weighted by Gasteiger charge is 2.52. The molecule has 1 aliphatic rings. The van der Waals surface area contributed by atoms with E-state index in [1.54, 1.807) is 0 Å². The smallest absolute Gasteiger partial charge is 0.445 e. The molecular formula is C24H29BN2O4S. The van der Waals surface area contributed by atoms with E-state index in [0.717, 1.165) is 22.2 Å². The standard InChI is InChI=1S/C24H29BN2O4S/c1-23(2)24(3,4)31-25(30-23)20(14-17-10-12-19(13-11-17)21(26)32)15-27-22(28)29-16-18-8-6-5-7-9-18/h5-14H,15-16H2,1-4H3,(H2,26,32)(H,27,28). The Morgan fingerprint density at radius 2 is 1.66 bits per heavy atom. The van der Waals surface area contributed by atoms with Crippen LogP contribution in [0.4, 0.5) is 4.79 Å². The minimum absolute atomic E-state index is 0.197. The summed E-state index contributed by atoms with van der Waals surface area (Å²) >= 11 is 5.02. The normalized spacial score (nSPS) is 17.1. The van der Waals surface area contributed by atoms with Gasteiger partial charge in [0.15, 0.2) is 0 Å². The molecule has 0 saturated carbocycles. The van der Waals surface area contributed by atoms with E-state index in [-0.39, 0.29) is 13.2 Å². The van der Waals surface area contributed by atoms with Gasteiger partial charge in [-0.2, -0.15) is 0 Å². The maximum absolute atomic E-state index is 12.3. The molecule has 2 aromatic carbocycles. The minimum Gasteiger partial charge on any atom is -0.445 e. The lowest BCUT2D eigenvalue weighted by atomic mass is 9.77. The van der Waals surface area contributed by atoms with Crippen molar-refractivity contribution in [3.63, 3.8) is 0 Å². The molecule has 0 radical (unpaired) electrons. The number of hydrogen-bond donors (Lipinski definition) is 2. The van der Waals surface area contributed by atoms with Gasteiger partial charge in [0.05, 0.1) is 11.2 Å². The Kier molecular flexibility index (Phi) is 7.38. The van der Waals surface area contributed by atoms with Gasteiger partial charge in [-0.25, -0.2) is 4.79 Å². The van der Waals surface area contributed by atoms with E-state index in [4.69, 9.17) is 32.0 Å². The Balaban J connectivity index is 1.73. The largest absolute Gasteiger partial charge is 0.492 e. The zero-order valence-electron chi connectivity index (χ0n) is 18.9. The van der Waals surface area contributed by atoms with Gasteiger partial charge < -0.3 is 25.1 Å². The van der Waals surface area contributed by atoms with Crippen molar-refractivity contribution < 1.29 is 18.8 Å². The molecule has 1 fully saturated rings. The lowest BCUT2D eigenvalue weighted by Crippen LogP contribution is -2.41. The number of alkyl carbamates (subject to hydrolysis) is 1. The minimum atomic E-state index is -0.607. The first-order chi connectivity index (χ1) is 15.1. The lowest BCUT2D eigenvalue weighted by Gasteiger charge is -2.32. The van der Waals surface area contributed by atoms with E-state index in [1.165, 1.54) is 0 Å². The fourth-order valence-corrected chi connectivity index (χ4v) is 3.24. The van der Waals surface area contributed by atoms with Crippen molar-refractivity contribution in [2.45, 2.75) is 45.5 Å². The third-order valence-corrected chi connectivity index (χ3v) is 5.99. The molecule has 0 aliphatic carbocycles. The quantitative estimate of drug-likeness (QED) is 0.483. The van der Waals surface area contributed by atoms with Crippen molar-refractivity contribution in [2.75, 3.05) is 6.54 Å². The average Bonchev–Trinajstić information content (AvgIpc) is 2.97. The van der Waals surface area contributed by atoms with Crippen LogP contribution in [0.5, 0.6) is 0 Å². The summed E-state index contributed by atoms with van der Waals surface area (Å²) in [5.74, 6) is 0. The van der Waals surface area contributed by atoms with Crippen LogP contribution in [0.15, 0.2) is 60.1 Å². The zero-order valence-corrected chi connectivity index (χ0v) is 19.7. The molecule has 1 aliphatic heterocycles. The number of benzene rings is 2. The Hall–Kier alpha value is -2.68. The number of carbonyl (C=O) groups excluding carboxylic acids is 1. The van der Waals surface area contributed by atoms with Crippen molar-refractivity contribution in [2.24, 2.45) is 5.73 Å². The van der Waals surface area contributed by atoms with E-state index in [2.05, 4.69) is 5.32 Å². The van der Waals surface area contributed by atoms with Gasteiger partial charge in [-0.05, 0) is 44.3 Å². The monoisotopic (exact) mass is 452 g/mol. The maximum Gasteiger partial charge on any atom is 0.492 e. The Morgan fingerprint density at radius 1 is 1.06 bits per heavy atom. The van der Waals surface area contributed by atoms with Crippen LogP contribution in [0.25, 0.3) is 6.08 Å². The Labute approximate surface area is 195 Å². The summed E-state index contributed by atoms with van der Waals surface area (Å²) in [7, 11) is -0.607. The molecule has 0 unspecified atom stereocenters. The van der Waals surface area contributed by atoms with Crippen LogP contribution in [0.3, 0.4) is 0 Å². The highest BCUT2D eigenvalue weighted by Crippen LogP contribution is 2.38. The number of rotatable bonds is 7. The summed E-state index contributed by atoms with van der Waals surface area (Å²) in [6, 6.07) is 17.1. The molecule has 3 rings (SSSR count). The van der Waals surface area contributed by atoms with Gasteiger partial charge in [0, 0.05) is 12.1 Å². The molecule has 0 bridgehead atoms. The van der Waals surface area contributed by atoms with Crippen LogP contribution >= 0.6 is 12.2 Å². The van der Waals surface area contributed by atoms with Crippen LogP contribution in [0.1, 0.15) is 44.4 Å². The number of nitrogens with one attached hydrogen (secondary N) is 1. The summed E-state index contributed by atoms with van der Waals surface area (Å²) in [4.78, 5) is 12.6. The molecule has 8 heteroatoms. The third-order valence-electron chi connectivity index (χ3n) is 5.75. The summed E-state index contributed by atoms with van der Waals surface area (Å²) in [6.45, 7) is 8.36. The molecule has 32 heavy (non-hydrogen) atoms. The second-order valence-electron chi connectivity index (χ2n) is 8.71. The molecule has 1 heterocycles. The first kappa shape index (κ1) is 24.0. The van der Waals surface area contributed by atoms with Gasteiger partial charge in [0.25, 0.3) is 0 Å². The Bertz CT molecular complexity index is 975. The van der Waals surface area contributed by atoms with Crippen LogP contribution < -0.4 is 11.1 Å². The zero-order chi connectivity index (χ0) is 23.4. The summed E-state index contributed by atoms with van der Waals surface area (Å²) in [5.41, 5.74) is 8.08. The molecule has 2 aromatic rings. The summed E-state index contributed by atoms with van der Waals surface area (Å²) in [5, 5.41) is 2.80. The third kappa shape index (κ3) is 5.97. The van der Waals surface area contributed by atoms with Crippen LogP contribution in [0.2, 0.25) is 0 Å². The van der Waals surface area contributed by atoms with E-state index in [0.29, 0.717) is 4.99 Å². The van der Waals surface area contributed by atoms with Crippen LogP contribution in [0, 0.1) is 0 Å². The average molecular weight is 452 g/mol. The number of carbonyl (C=O) groups is 1. The SMILES string of the molecule is CC1(C)OB(C(=Cc2ccc(C(N)=S)cc2)CNC(=O)OCc2ccccc2)OC1(C)C. The van der Waals surface area contributed by atoms with Crippen LogP contribution in [-0.2, 0) is 20.7 Å². The predicted molar refractivity (Wildman–Crippen MR) is 131 cm³/mol. The van der Waals surface area contributed by atoms with Crippen molar-refractivity contribution in [1.82, 2.24) is 5.32 Å². The first-order valence-electron chi connectivity index (χ1n) is 10.5. The molecule has 0 spiro atoms. The fourth-order valence-electron chi connectivity index (χ4n) is 3.10. The Morgan fingerprint density at radius 3 is 2.22 bits per heavy atom. The van der Waals surface area contributed by atoms with Crippen molar-refractivity contribution in [3.8, 4) is 0 Å². The molecule has 1 amide bonds. The fraction of sp³-hybridized carbons (Fsp3) is 0.333. The van der Waals surface area contributed by atoms with E-state index < -0.39 is 24.4 Å². The van der Waals surface area contributed by atoms with E-state index in [1.807, 2.05) is 88.4 Å². The molecule has 0 atom stereocenters. The molecule has 1 saturated heterocycles.